The first-order valence-electron chi connectivity index (χ1n) is 6.46. The van der Waals surface area contributed by atoms with E-state index in [1.54, 1.807) is 6.92 Å². The summed E-state index contributed by atoms with van der Waals surface area (Å²) in [4.78, 5) is 22.2. The largest absolute Gasteiger partial charge is 0.478 e. The number of carboxylic acid groups (broad SMARTS) is 2. The highest BCUT2D eigenvalue weighted by Gasteiger charge is 2.14. The third-order valence-corrected chi connectivity index (χ3v) is 2.81. The van der Waals surface area contributed by atoms with Crippen molar-refractivity contribution in [2.24, 2.45) is 5.73 Å². The third kappa shape index (κ3) is 5.04. The summed E-state index contributed by atoms with van der Waals surface area (Å²) in [6.45, 7) is 1.80. The fourth-order valence-corrected chi connectivity index (χ4v) is 1.79. The number of hydrogen-bond donors (Lipinski definition) is 5. The van der Waals surface area contributed by atoms with Gasteiger partial charge in [-0.2, -0.15) is 0 Å². The molecule has 118 valence electrons. The number of fused-ring (bicyclic) bond motifs is 1. The Labute approximate surface area is 126 Å². The van der Waals surface area contributed by atoms with Crippen LogP contribution in [0.15, 0.2) is 42.6 Å². The number of aliphatic hydroxyl groups is 1. The summed E-state index contributed by atoms with van der Waals surface area (Å²) < 4.78 is 0. The zero-order valence-electron chi connectivity index (χ0n) is 11.9. The molecule has 0 amide bonds. The molecule has 7 nitrogen and oxygen atoms in total. The van der Waals surface area contributed by atoms with Crippen LogP contribution in [-0.4, -0.2) is 38.3 Å². The van der Waals surface area contributed by atoms with Crippen molar-refractivity contribution >= 4 is 22.8 Å². The van der Waals surface area contributed by atoms with Gasteiger partial charge in [-0.25, -0.2) is 9.59 Å². The first-order chi connectivity index (χ1) is 10.3. The number of nitrogens with two attached hydrogens (primary N) is 1. The lowest BCUT2D eigenvalue weighted by molar-refractivity contribution is -0.134. The molecule has 0 bridgehead atoms. The van der Waals surface area contributed by atoms with Crippen LogP contribution in [0.25, 0.3) is 10.9 Å². The van der Waals surface area contributed by atoms with Crippen molar-refractivity contribution in [3.63, 3.8) is 0 Å². The van der Waals surface area contributed by atoms with Gasteiger partial charge in [0.25, 0.3) is 0 Å². The second kappa shape index (κ2) is 7.96. The number of rotatable bonds is 4. The lowest BCUT2D eigenvalue weighted by Gasteiger charge is -2.15. The summed E-state index contributed by atoms with van der Waals surface area (Å²) in [7, 11) is 0. The molecule has 0 saturated carbocycles. The van der Waals surface area contributed by atoms with Gasteiger partial charge in [-0.15, -0.1) is 0 Å². The van der Waals surface area contributed by atoms with E-state index in [1.807, 2.05) is 30.5 Å². The lowest BCUT2D eigenvalue weighted by Crippen LogP contribution is -2.24. The molecule has 0 fully saturated rings. The molecule has 0 spiro atoms. The zero-order chi connectivity index (χ0) is 16.7. The quantitative estimate of drug-likeness (QED) is 0.539. The van der Waals surface area contributed by atoms with Crippen molar-refractivity contribution in [3.8, 4) is 0 Å². The van der Waals surface area contributed by atoms with Crippen LogP contribution in [0.4, 0.5) is 0 Å². The van der Waals surface area contributed by atoms with E-state index in [-0.39, 0.29) is 6.04 Å². The monoisotopic (exact) mass is 306 g/mol. The molecule has 1 aromatic carbocycles. The number of aromatic amines is 1. The summed E-state index contributed by atoms with van der Waals surface area (Å²) in [5.74, 6) is -2.51. The molecule has 0 saturated heterocycles. The van der Waals surface area contributed by atoms with Crippen LogP contribution in [0.3, 0.4) is 0 Å². The van der Waals surface area contributed by atoms with Crippen molar-refractivity contribution in [2.45, 2.75) is 19.1 Å². The Balaban J connectivity index is 0.000000261. The van der Waals surface area contributed by atoms with E-state index in [0.29, 0.717) is 12.2 Å². The van der Waals surface area contributed by atoms with Crippen molar-refractivity contribution in [3.05, 3.63) is 48.2 Å². The van der Waals surface area contributed by atoms with Gasteiger partial charge in [0.15, 0.2) is 0 Å². The Hall–Kier alpha value is -2.64. The normalized spacial score (nSPS) is 13.4. The summed E-state index contributed by atoms with van der Waals surface area (Å²) in [5, 5.41) is 26.5. The maximum absolute atomic E-state index is 9.88. The number of carboxylic acids is 2. The van der Waals surface area contributed by atoms with Crippen LogP contribution in [0.2, 0.25) is 0 Å². The number of benzene rings is 1. The van der Waals surface area contributed by atoms with Crippen LogP contribution in [0.5, 0.6) is 0 Å². The highest BCUT2D eigenvalue weighted by molar-refractivity contribution is 5.89. The predicted molar refractivity (Wildman–Crippen MR) is 81.3 cm³/mol. The predicted octanol–water partition coefficient (Wildman–Crippen LogP) is 1.26. The van der Waals surface area contributed by atoms with Gasteiger partial charge < -0.3 is 26.0 Å². The molecular weight excluding hydrogens is 288 g/mol. The average Bonchev–Trinajstić information content (AvgIpc) is 2.93. The van der Waals surface area contributed by atoms with Gasteiger partial charge in [0.1, 0.15) is 0 Å². The van der Waals surface area contributed by atoms with Crippen LogP contribution >= 0.6 is 0 Å². The fourth-order valence-electron chi connectivity index (χ4n) is 1.79. The highest BCUT2D eigenvalue weighted by Crippen LogP contribution is 2.24. The number of carbonyl (C=O) groups is 2. The van der Waals surface area contributed by atoms with Crippen molar-refractivity contribution in [1.29, 1.82) is 0 Å². The van der Waals surface area contributed by atoms with Crippen molar-refractivity contribution in [2.75, 3.05) is 0 Å². The molecule has 0 aliphatic heterocycles. The van der Waals surface area contributed by atoms with E-state index >= 15 is 0 Å². The minimum atomic E-state index is -1.26. The van der Waals surface area contributed by atoms with Gasteiger partial charge in [0, 0.05) is 35.3 Å². The number of aliphatic hydroxyl groups excluding tert-OH is 1. The third-order valence-electron chi connectivity index (χ3n) is 2.81. The highest BCUT2D eigenvalue weighted by atomic mass is 16.4. The summed E-state index contributed by atoms with van der Waals surface area (Å²) in [5.41, 5.74) is 7.59. The second-order valence-electron chi connectivity index (χ2n) is 4.60. The second-order valence-corrected chi connectivity index (χ2v) is 4.60. The smallest absolute Gasteiger partial charge is 0.328 e. The van der Waals surface area contributed by atoms with E-state index in [4.69, 9.17) is 15.9 Å². The topological polar surface area (TPSA) is 137 Å². The number of H-pyrrole nitrogens is 1. The SMILES string of the molecule is CC(N)C(O)c1cccc2[nH]ccc12.O=C(O)C=CC(=O)O. The molecule has 7 heteroatoms. The maximum atomic E-state index is 9.88. The van der Waals surface area contributed by atoms with Gasteiger partial charge in [0.2, 0.25) is 0 Å². The van der Waals surface area contributed by atoms with Crippen molar-refractivity contribution in [1.82, 2.24) is 4.98 Å². The Morgan fingerprint density at radius 2 is 1.77 bits per heavy atom. The molecule has 0 aliphatic rings. The number of nitrogens with one attached hydrogen (secondary N) is 1. The van der Waals surface area contributed by atoms with Gasteiger partial charge in [-0.1, -0.05) is 12.1 Å². The number of aromatic nitrogens is 1. The molecule has 2 aromatic rings. The Bertz CT molecular complexity index is 659. The van der Waals surface area contributed by atoms with E-state index in [2.05, 4.69) is 4.98 Å². The summed E-state index contributed by atoms with van der Waals surface area (Å²) >= 11 is 0. The fraction of sp³-hybridized carbons (Fsp3) is 0.200. The molecule has 1 heterocycles. The van der Waals surface area contributed by atoms with Crippen LogP contribution < -0.4 is 5.73 Å². The molecule has 2 unspecified atom stereocenters. The van der Waals surface area contributed by atoms with Gasteiger partial charge in [-0.05, 0) is 24.6 Å². The molecule has 22 heavy (non-hydrogen) atoms. The summed E-state index contributed by atoms with van der Waals surface area (Å²) in [6.07, 6.45) is 2.38. The molecule has 6 N–H and O–H groups in total. The molecule has 0 aliphatic carbocycles. The maximum Gasteiger partial charge on any atom is 0.328 e. The van der Waals surface area contributed by atoms with E-state index in [0.717, 1.165) is 16.5 Å². The summed E-state index contributed by atoms with van der Waals surface area (Å²) in [6, 6.07) is 7.50. The average molecular weight is 306 g/mol. The van der Waals surface area contributed by atoms with Crippen LogP contribution in [0, 0.1) is 0 Å². The minimum absolute atomic E-state index is 0.254. The van der Waals surface area contributed by atoms with E-state index in [9.17, 15) is 14.7 Å². The Kier molecular flexibility index (Phi) is 6.30. The Morgan fingerprint density at radius 1 is 1.18 bits per heavy atom. The molecule has 0 radical (unpaired) electrons. The van der Waals surface area contributed by atoms with Gasteiger partial charge in [0.05, 0.1) is 6.10 Å². The molecule has 2 atom stereocenters. The standard InChI is InChI=1S/C11H14N2O.C4H4O4/c1-7(12)11(14)9-3-2-4-10-8(9)5-6-13-10;5-3(6)1-2-4(7)8/h2-7,11,13-14H,12H2,1H3;1-2H,(H,5,6)(H,7,8). The van der Waals surface area contributed by atoms with E-state index < -0.39 is 18.0 Å². The molecule has 2 rings (SSSR count). The first kappa shape index (κ1) is 17.4. The van der Waals surface area contributed by atoms with Crippen molar-refractivity contribution < 1.29 is 24.9 Å². The first-order valence-corrected chi connectivity index (χ1v) is 6.46. The van der Waals surface area contributed by atoms with Gasteiger partial charge >= 0.3 is 11.9 Å². The number of hydrogen-bond acceptors (Lipinski definition) is 4. The number of aliphatic carboxylic acids is 2. The van der Waals surface area contributed by atoms with Crippen LogP contribution in [-0.2, 0) is 9.59 Å². The molecular formula is C15H18N2O5. The minimum Gasteiger partial charge on any atom is -0.478 e. The van der Waals surface area contributed by atoms with Crippen LogP contribution in [0.1, 0.15) is 18.6 Å². The van der Waals surface area contributed by atoms with E-state index in [1.165, 1.54) is 0 Å². The zero-order valence-corrected chi connectivity index (χ0v) is 11.9. The Morgan fingerprint density at radius 3 is 2.27 bits per heavy atom. The van der Waals surface area contributed by atoms with Gasteiger partial charge in [-0.3, -0.25) is 0 Å². The molecule has 1 aromatic heterocycles. The lowest BCUT2D eigenvalue weighted by atomic mass is 10.0.